The van der Waals surface area contributed by atoms with E-state index < -0.39 is 5.67 Å². The van der Waals surface area contributed by atoms with Crippen molar-refractivity contribution < 1.29 is 4.39 Å². The smallest absolute Gasteiger partial charge is 0.115 e. The summed E-state index contributed by atoms with van der Waals surface area (Å²) in [5.41, 5.74) is -1.21. The molecule has 0 radical (unpaired) electrons. The maximum Gasteiger partial charge on any atom is 0.115 e. The fourth-order valence-electron chi connectivity index (χ4n) is 1.64. The standard InChI is InChI=1S/C11H23F/c1-7-10(5,8-2)11(6,12)9(3)4/h9H,7-8H2,1-6H3/t11-/m0/s1. The van der Waals surface area contributed by atoms with Crippen molar-refractivity contribution in [1.29, 1.82) is 0 Å². The second-order valence-corrected chi connectivity index (χ2v) is 4.50. The molecule has 0 aromatic carbocycles. The summed E-state index contributed by atoms with van der Waals surface area (Å²) < 4.78 is 14.3. The Morgan fingerprint density at radius 2 is 1.42 bits per heavy atom. The molecule has 0 nitrogen and oxygen atoms in total. The van der Waals surface area contributed by atoms with Gasteiger partial charge in [0.15, 0.2) is 0 Å². The Bertz CT molecular complexity index is 129. The van der Waals surface area contributed by atoms with E-state index in [0.717, 1.165) is 12.8 Å². The fraction of sp³-hybridized carbons (Fsp3) is 1.00. The Hall–Kier alpha value is -0.0700. The van der Waals surface area contributed by atoms with Gasteiger partial charge in [0.05, 0.1) is 0 Å². The van der Waals surface area contributed by atoms with E-state index in [1.165, 1.54) is 0 Å². The maximum atomic E-state index is 14.3. The van der Waals surface area contributed by atoms with E-state index >= 15 is 0 Å². The molecule has 1 heteroatoms. The van der Waals surface area contributed by atoms with Crippen molar-refractivity contribution in [3.8, 4) is 0 Å². The number of halogens is 1. The Morgan fingerprint density at radius 3 is 1.50 bits per heavy atom. The molecule has 0 saturated carbocycles. The molecule has 0 saturated heterocycles. The molecule has 0 heterocycles. The van der Waals surface area contributed by atoms with Crippen LogP contribution >= 0.6 is 0 Å². The van der Waals surface area contributed by atoms with Crippen LogP contribution in [-0.4, -0.2) is 5.67 Å². The predicted molar refractivity (Wildman–Crippen MR) is 53.0 cm³/mol. The minimum atomic E-state index is -1.05. The molecule has 0 aliphatic rings. The predicted octanol–water partition coefficient (Wildman–Crippen LogP) is 4.20. The van der Waals surface area contributed by atoms with Gasteiger partial charge < -0.3 is 0 Å². The summed E-state index contributed by atoms with van der Waals surface area (Å²) in [5.74, 6) is 0.0994. The van der Waals surface area contributed by atoms with E-state index in [9.17, 15) is 4.39 Å². The van der Waals surface area contributed by atoms with Crippen molar-refractivity contribution >= 4 is 0 Å². The van der Waals surface area contributed by atoms with E-state index in [4.69, 9.17) is 0 Å². The van der Waals surface area contributed by atoms with Crippen LogP contribution in [0.25, 0.3) is 0 Å². The summed E-state index contributed by atoms with van der Waals surface area (Å²) in [5, 5.41) is 0. The first-order chi connectivity index (χ1) is 5.31. The molecule has 0 aromatic heterocycles. The molecule has 0 aromatic rings. The Kier molecular flexibility index (Phi) is 3.74. The molecule has 0 fully saturated rings. The first-order valence-corrected chi connectivity index (χ1v) is 5.00. The van der Waals surface area contributed by atoms with Crippen LogP contribution in [0.15, 0.2) is 0 Å². The zero-order valence-electron chi connectivity index (χ0n) is 9.37. The molecule has 0 amide bonds. The lowest BCUT2D eigenvalue weighted by molar-refractivity contribution is -0.0267. The van der Waals surface area contributed by atoms with Gasteiger partial charge in [-0.1, -0.05) is 34.6 Å². The molecule has 74 valence electrons. The summed E-state index contributed by atoms with van der Waals surface area (Å²) in [6.07, 6.45) is 1.82. The lowest BCUT2D eigenvalue weighted by atomic mass is 9.67. The van der Waals surface area contributed by atoms with Crippen molar-refractivity contribution in [2.45, 2.75) is 60.1 Å². The van der Waals surface area contributed by atoms with Crippen molar-refractivity contribution in [3.05, 3.63) is 0 Å². The summed E-state index contributed by atoms with van der Waals surface area (Å²) in [7, 11) is 0. The van der Waals surface area contributed by atoms with Gasteiger partial charge in [0.1, 0.15) is 5.67 Å². The molecule has 0 aliphatic carbocycles. The average molecular weight is 174 g/mol. The van der Waals surface area contributed by atoms with Crippen LogP contribution in [-0.2, 0) is 0 Å². The molecule has 0 rings (SSSR count). The zero-order valence-corrected chi connectivity index (χ0v) is 9.37. The first kappa shape index (κ1) is 11.9. The minimum Gasteiger partial charge on any atom is -0.243 e. The van der Waals surface area contributed by atoms with E-state index in [0.29, 0.717) is 0 Å². The van der Waals surface area contributed by atoms with Crippen LogP contribution in [0.4, 0.5) is 4.39 Å². The summed E-state index contributed by atoms with van der Waals surface area (Å²) in [4.78, 5) is 0. The van der Waals surface area contributed by atoms with E-state index in [2.05, 4.69) is 13.8 Å². The van der Waals surface area contributed by atoms with Gasteiger partial charge >= 0.3 is 0 Å². The SMILES string of the molecule is CCC(C)(CC)[C@@](C)(F)C(C)C. The average Bonchev–Trinajstić information content (AvgIpc) is 2.02. The molecule has 0 unspecified atom stereocenters. The lowest BCUT2D eigenvalue weighted by Gasteiger charge is -2.42. The summed E-state index contributed by atoms with van der Waals surface area (Å²) in [6.45, 7) is 11.9. The Morgan fingerprint density at radius 1 is 1.08 bits per heavy atom. The fourth-order valence-corrected chi connectivity index (χ4v) is 1.64. The molecule has 0 aliphatic heterocycles. The second kappa shape index (κ2) is 3.76. The van der Waals surface area contributed by atoms with Crippen LogP contribution in [0.3, 0.4) is 0 Å². The first-order valence-electron chi connectivity index (χ1n) is 5.00. The summed E-state index contributed by atoms with van der Waals surface area (Å²) in [6, 6.07) is 0. The highest BCUT2D eigenvalue weighted by molar-refractivity contribution is 4.93. The third-order valence-electron chi connectivity index (χ3n) is 3.83. The van der Waals surface area contributed by atoms with Crippen LogP contribution in [0, 0.1) is 11.3 Å². The van der Waals surface area contributed by atoms with Gasteiger partial charge in [-0.3, -0.25) is 0 Å². The monoisotopic (exact) mass is 174 g/mol. The van der Waals surface area contributed by atoms with Gasteiger partial charge in [-0.05, 0) is 25.7 Å². The third-order valence-corrected chi connectivity index (χ3v) is 3.83. The van der Waals surface area contributed by atoms with E-state index in [1.54, 1.807) is 6.92 Å². The van der Waals surface area contributed by atoms with Crippen molar-refractivity contribution in [1.82, 2.24) is 0 Å². The lowest BCUT2D eigenvalue weighted by Crippen LogP contribution is -2.43. The van der Waals surface area contributed by atoms with Crippen molar-refractivity contribution in [3.63, 3.8) is 0 Å². The van der Waals surface area contributed by atoms with Crippen molar-refractivity contribution in [2.75, 3.05) is 0 Å². The molecular formula is C11H23F. The molecule has 12 heavy (non-hydrogen) atoms. The molecule has 0 bridgehead atoms. The highest BCUT2D eigenvalue weighted by Crippen LogP contribution is 2.45. The normalized spacial score (nSPS) is 18.0. The van der Waals surface area contributed by atoms with E-state index in [1.807, 2.05) is 20.8 Å². The molecule has 0 spiro atoms. The van der Waals surface area contributed by atoms with E-state index in [-0.39, 0.29) is 11.3 Å². The molecular weight excluding hydrogens is 151 g/mol. The largest absolute Gasteiger partial charge is 0.243 e. The van der Waals surface area contributed by atoms with Gasteiger partial charge in [0.25, 0.3) is 0 Å². The highest BCUT2D eigenvalue weighted by atomic mass is 19.1. The Balaban J connectivity index is 4.70. The van der Waals surface area contributed by atoms with Crippen LogP contribution < -0.4 is 0 Å². The van der Waals surface area contributed by atoms with Gasteiger partial charge in [0, 0.05) is 5.41 Å². The van der Waals surface area contributed by atoms with Gasteiger partial charge in [-0.15, -0.1) is 0 Å². The van der Waals surface area contributed by atoms with Crippen LogP contribution in [0.1, 0.15) is 54.4 Å². The van der Waals surface area contributed by atoms with Crippen molar-refractivity contribution in [2.24, 2.45) is 11.3 Å². The number of rotatable bonds is 4. The number of hydrogen-bond acceptors (Lipinski definition) is 0. The maximum absolute atomic E-state index is 14.3. The second-order valence-electron chi connectivity index (χ2n) is 4.50. The summed E-state index contributed by atoms with van der Waals surface area (Å²) >= 11 is 0. The third kappa shape index (κ3) is 1.81. The zero-order chi connectivity index (χ0) is 9.99. The van der Waals surface area contributed by atoms with Crippen LogP contribution in [0.5, 0.6) is 0 Å². The molecule has 0 N–H and O–H groups in total. The minimum absolute atomic E-state index is 0.0994. The number of hydrogen-bond donors (Lipinski definition) is 0. The van der Waals surface area contributed by atoms with Gasteiger partial charge in [0.2, 0.25) is 0 Å². The quantitative estimate of drug-likeness (QED) is 0.599. The van der Waals surface area contributed by atoms with Gasteiger partial charge in [-0.2, -0.15) is 0 Å². The topological polar surface area (TPSA) is 0 Å². The number of alkyl halides is 1. The molecule has 1 atom stereocenters. The van der Waals surface area contributed by atoms with Gasteiger partial charge in [-0.25, -0.2) is 4.39 Å². The Labute approximate surface area is 76.6 Å². The van der Waals surface area contributed by atoms with Crippen LogP contribution in [0.2, 0.25) is 0 Å². The highest BCUT2D eigenvalue weighted by Gasteiger charge is 2.44.